The maximum Gasteiger partial charge on any atom is 0.220 e. The molecule has 0 fully saturated rings. The lowest BCUT2D eigenvalue weighted by molar-refractivity contribution is -0.121. The second kappa shape index (κ2) is 7.50. The number of phenols is 2. The van der Waals surface area contributed by atoms with Crippen LogP contribution in [0, 0.1) is 0 Å². The van der Waals surface area contributed by atoms with E-state index in [9.17, 15) is 15.0 Å². The van der Waals surface area contributed by atoms with Gasteiger partial charge in [0.15, 0.2) is 0 Å². The zero-order chi connectivity index (χ0) is 15.9. The fourth-order valence-corrected chi connectivity index (χ4v) is 2.30. The molecule has 0 spiro atoms. The van der Waals surface area contributed by atoms with Gasteiger partial charge in [0.1, 0.15) is 11.5 Å². The number of hydrogen-bond donors (Lipinski definition) is 3. The Morgan fingerprint density at radius 1 is 0.955 bits per heavy atom. The Hall–Kier alpha value is -2.49. The van der Waals surface area contributed by atoms with E-state index in [1.54, 1.807) is 24.3 Å². The first kappa shape index (κ1) is 15.9. The van der Waals surface area contributed by atoms with Crippen molar-refractivity contribution in [3.05, 3.63) is 59.7 Å². The van der Waals surface area contributed by atoms with Crippen molar-refractivity contribution in [2.75, 3.05) is 0 Å². The minimum atomic E-state index is 0.0133. The van der Waals surface area contributed by atoms with Gasteiger partial charge in [0.25, 0.3) is 0 Å². The third-order valence-electron chi connectivity index (χ3n) is 3.46. The zero-order valence-electron chi connectivity index (χ0n) is 12.6. The van der Waals surface area contributed by atoms with Crippen molar-refractivity contribution in [1.82, 2.24) is 5.32 Å². The lowest BCUT2D eigenvalue weighted by Gasteiger charge is -2.14. The number of carbonyl (C=O) groups excluding carboxylic acids is 1. The minimum absolute atomic E-state index is 0.0133. The van der Waals surface area contributed by atoms with Crippen LogP contribution in [-0.2, 0) is 17.6 Å². The molecule has 2 aromatic rings. The Labute approximate surface area is 130 Å². The van der Waals surface area contributed by atoms with Crippen LogP contribution in [0.15, 0.2) is 48.5 Å². The van der Waals surface area contributed by atoms with Crippen molar-refractivity contribution in [3.8, 4) is 11.5 Å². The Balaban J connectivity index is 1.76. The third-order valence-corrected chi connectivity index (χ3v) is 3.46. The minimum Gasteiger partial charge on any atom is -0.508 e. The van der Waals surface area contributed by atoms with Crippen LogP contribution in [0.25, 0.3) is 0 Å². The lowest BCUT2D eigenvalue weighted by Crippen LogP contribution is -2.34. The van der Waals surface area contributed by atoms with Crippen LogP contribution < -0.4 is 5.32 Å². The Kier molecular flexibility index (Phi) is 5.42. The molecule has 0 aliphatic rings. The summed E-state index contributed by atoms with van der Waals surface area (Å²) in [5.74, 6) is 0.490. The molecule has 0 radical (unpaired) electrons. The second-order valence-corrected chi connectivity index (χ2v) is 5.51. The van der Waals surface area contributed by atoms with Gasteiger partial charge in [-0.3, -0.25) is 4.79 Å². The number of phenolic OH excluding ortho intramolecular Hbond substituents is 2. The largest absolute Gasteiger partial charge is 0.508 e. The SMILES string of the molecule is CC(Cc1ccc(O)cc1)NC(=O)CCc1ccc(O)cc1. The molecule has 0 saturated heterocycles. The van der Waals surface area contributed by atoms with Crippen LogP contribution in [-0.4, -0.2) is 22.2 Å². The fraction of sp³-hybridized carbons (Fsp3) is 0.278. The summed E-state index contributed by atoms with van der Waals surface area (Å²) >= 11 is 0. The first-order valence-corrected chi connectivity index (χ1v) is 7.38. The van der Waals surface area contributed by atoms with E-state index in [2.05, 4.69) is 5.32 Å². The summed E-state index contributed by atoms with van der Waals surface area (Å²) < 4.78 is 0. The zero-order valence-corrected chi connectivity index (χ0v) is 12.6. The molecule has 116 valence electrons. The van der Waals surface area contributed by atoms with Crippen LogP contribution in [0.3, 0.4) is 0 Å². The van der Waals surface area contributed by atoms with Gasteiger partial charge in [-0.1, -0.05) is 24.3 Å². The highest BCUT2D eigenvalue weighted by atomic mass is 16.3. The van der Waals surface area contributed by atoms with Gasteiger partial charge < -0.3 is 15.5 Å². The van der Waals surface area contributed by atoms with Gasteiger partial charge in [-0.25, -0.2) is 0 Å². The number of carbonyl (C=O) groups is 1. The molecule has 22 heavy (non-hydrogen) atoms. The molecule has 0 aromatic heterocycles. The van der Waals surface area contributed by atoms with Crippen LogP contribution in [0.5, 0.6) is 11.5 Å². The van der Waals surface area contributed by atoms with E-state index in [0.717, 1.165) is 17.5 Å². The standard InChI is InChI=1S/C18H21NO3/c1-13(12-15-4-9-17(21)10-5-15)19-18(22)11-6-14-2-7-16(20)8-3-14/h2-5,7-10,13,20-21H,6,11-12H2,1H3,(H,19,22). The number of hydrogen-bond acceptors (Lipinski definition) is 3. The monoisotopic (exact) mass is 299 g/mol. The molecule has 0 saturated carbocycles. The van der Waals surface area contributed by atoms with Gasteiger partial charge >= 0.3 is 0 Å². The lowest BCUT2D eigenvalue weighted by atomic mass is 10.1. The number of rotatable bonds is 6. The first-order valence-electron chi connectivity index (χ1n) is 7.38. The van der Waals surface area contributed by atoms with Gasteiger partial charge in [-0.15, -0.1) is 0 Å². The molecule has 4 heteroatoms. The highest BCUT2D eigenvalue weighted by Gasteiger charge is 2.08. The summed E-state index contributed by atoms with van der Waals surface area (Å²) in [6.45, 7) is 1.96. The number of benzene rings is 2. The fourth-order valence-electron chi connectivity index (χ4n) is 2.30. The summed E-state index contributed by atoms with van der Waals surface area (Å²) in [6, 6.07) is 13.9. The van der Waals surface area contributed by atoms with Gasteiger partial charge in [-0.05, 0) is 55.2 Å². The number of aryl methyl sites for hydroxylation is 1. The third kappa shape index (κ3) is 5.13. The van der Waals surface area contributed by atoms with E-state index in [1.165, 1.54) is 0 Å². The predicted octanol–water partition coefficient (Wildman–Crippen LogP) is 2.78. The molecule has 2 rings (SSSR count). The molecule has 1 amide bonds. The second-order valence-electron chi connectivity index (χ2n) is 5.51. The number of aromatic hydroxyl groups is 2. The first-order chi connectivity index (χ1) is 10.5. The molecule has 0 aliphatic heterocycles. The molecule has 0 heterocycles. The van der Waals surface area contributed by atoms with Crippen molar-refractivity contribution in [2.45, 2.75) is 32.2 Å². The molecule has 1 unspecified atom stereocenters. The van der Waals surface area contributed by atoms with E-state index in [-0.39, 0.29) is 23.4 Å². The molecule has 4 nitrogen and oxygen atoms in total. The van der Waals surface area contributed by atoms with E-state index >= 15 is 0 Å². The average Bonchev–Trinajstić information content (AvgIpc) is 2.49. The maximum absolute atomic E-state index is 11.9. The highest BCUT2D eigenvalue weighted by Crippen LogP contribution is 2.12. The van der Waals surface area contributed by atoms with Crippen LogP contribution in [0.2, 0.25) is 0 Å². The van der Waals surface area contributed by atoms with Crippen molar-refractivity contribution in [2.24, 2.45) is 0 Å². The van der Waals surface area contributed by atoms with Crippen molar-refractivity contribution < 1.29 is 15.0 Å². The Morgan fingerprint density at radius 3 is 2.00 bits per heavy atom. The molecule has 2 aromatic carbocycles. The number of nitrogens with one attached hydrogen (secondary N) is 1. The maximum atomic E-state index is 11.9. The van der Waals surface area contributed by atoms with Crippen LogP contribution in [0.4, 0.5) is 0 Å². The number of amides is 1. The van der Waals surface area contributed by atoms with Crippen LogP contribution in [0.1, 0.15) is 24.5 Å². The summed E-state index contributed by atoms with van der Waals surface area (Å²) in [4.78, 5) is 11.9. The van der Waals surface area contributed by atoms with Gasteiger partial charge in [0.2, 0.25) is 5.91 Å². The quantitative estimate of drug-likeness (QED) is 0.768. The smallest absolute Gasteiger partial charge is 0.220 e. The van der Waals surface area contributed by atoms with Gasteiger partial charge in [0.05, 0.1) is 0 Å². The van der Waals surface area contributed by atoms with E-state index in [4.69, 9.17) is 0 Å². The predicted molar refractivity (Wildman–Crippen MR) is 85.8 cm³/mol. The Morgan fingerprint density at radius 2 is 1.45 bits per heavy atom. The topological polar surface area (TPSA) is 69.6 Å². The molecule has 1 atom stereocenters. The van der Waals surface area contributed by atoms with Gasteiger partial charge in [0, 0.05) is 12.5 Å². The molecule has 3 N–H and O–H groups in total. The van der Waals surface area contributed by atoms with Crippen LogP contribution >= 0.6 is 0 Å². The molecule has 0 aliphatic carbocycles. The summed E-state index contributed by atoms with van der Waals surface area (Å²) in [7, 11) is 0. The molecular weight excluding hydrogens is 278 g/mol. The Bertz CT molecular complexity index is 605. The van der Waals surface area contributed by atoms with Crippen molar-refractivity contribution in [1.29, 1.82) is 0 Å². The average molecular weight is 299 g/mol. The van der Waals surface area contributed by atoms with Gasteiger partial charge in [-0.2, -0.15) is 0 Å². The summed E-state index contributed by atoms with van der Waals surface area (Å²) in [5, 5.41) is 21.4. The highest BCUT2D eigenvalue weighted by molar-refractivity contribution is 5.76. The molecule has 0 bridgehead atoms. The van der Waals surface area contributed by atoms with E-state index < -0.39 is 0 Å². The molecular formula is C18H21NO3. The summed E-state index contributed by atoms with van der Waals surface area (Å²) in [6.07, 6.45) is 1.80. The van der Waals surface area contributed by atoms with Crippen molar-refractivity contribution >= 4 is 5.91 Å². The van der Waals surface area contributed by atoms with E-state index in [1.807, 2.05) is 31.2 Å². The van der Waals surface area contributed by atoms with E-state index in [0.29, 0.717) is 12.8 Å². The summed E-state index contributed by atoms with van der Waals surface area (Å²) in [5.41, 5.74) is 2.10. The normalized spacial score (nSPS) is 11.9. The van der Waals surface area contributed by atoms with Crippen molar-refractivity contribution in [3.63, 3.8) is 0 Å².